The summed E-state index contributed by atoms with van der Waals surface area (Å²) in [5.74, 6) is 0. The molecule has 1 N–H and O–H groups in total. The monoisotopic (exact) mass is 311 g/mol. The Kier molecular flexibility index (Phi) is 5.22. The zero-order chi connectivity index (χ0) is 13.2. The lowest BCUT2D eigenvalue weighted by molar-refractivity contribution is 0.200. The molecule has 1 saturated heterocycles. The van der Waals surface area contributed by atoms with Crippen molar-refractivity contribution in [2.75, 3.05) is 19.6 Å². The van der Waals surface area contributed by atoms with Gasteiger partial charge in [-0.1, -0.05) is 17.7 Å². The Balaban J connectivity index is 0.00000147. The molecule has 1 aromatic carbocycles. The van der Waals surface area contributed by atoms with Crippen LogP contribution in [0.1, 0.15) is 12.5 Å². The zero-order valence-electron chi connectivity index (χ0n) is 11.5. The number of halogens is 2. The Morgan fingerprint density at radius 1 is 1.45 bits per heavy atom. The van der Waals surface area contributed by atoms with E-state index in [4.69, 9.17) is 11.6 Å². The van der Waals surface area contributed by atoms with Crippen molar-refractivity contribution >= 4 is 34.9 Å². The number of fused-ring (bicyclic) bond motifs is 1. The van der Waals surface area contributed by atoms with E-state index in [1.54, 1.807) is 0 Å². The molecule has 0 bridgehead atoms. The molecule has 1 aliphatic rings. The molecule has 0 unspecified atom stereocenters. The van der Waals surface area contributed by atoms with Crippen LogP contribution in [-0.4, -0.2) is 35.6 Å². The summed E-state index contributed by atoms with van der Waals surface area (Å²) in [6.07, 6.45) is 1.85. The quantitative estimate of drug-likeness (QED) is 0.923. The topological polar surface area (TPSA) is 28.2 Å². The van der Waals surface area contributed by atoms with Gasteiger partial charge in [-0.25, -0.2) is 0 Å². The molecule has 2 heterocycles. The number of benzene rings is 1. The number of aromatic nitrogens is 1. The smallest absolute Gasteiger partial charge is 0.0747 e. The van der Waals surface area contributed by atoms with Crippen LogP contribution in [-0.2, 0) is 6.54 Å². The van der Waals surface area contributed by atoms with Crippen molar-refractivity contribution in [3.05, 3.63) is 41.0 Å². The highest BCUT2D eigenvalue weighted by atomic mass is 35.5. The minimum Gasteiger partial charge on any atom is -0.312 e. The highest BCUT2D eigenvalue weighted by Crippen LogP contribution is 2.23. The van der Waals surface area contributed by atoms with Crippen LogP contribution in [0.2, 0.25) is 5.02 Å². The minimum atomic E-state index is 0. The Morgan fingerprint density at radius 3 is 3.10 bits per heavy atom. The fraction of sp³-hybridized carbons (Fsp3) is 0.400. The van der Waals surface area contributed by atoms with Gasteiger partial charge < -0.3 is 5.32 Å². The lowest BCUT2D eigenvalue weighted by atomic mass is 10.1. The van der Waals surface area contributed by atoms with Crippen LogP contribution >= 0.6 is 24.0 Å². The molecule has 3 rings (SSSR count). The van der Waals surface area contributed by atoms with Gasteiger partial charge in [-0.2, -0.15) is 0 Å². The molecular formula is C15H19Cl2N3. The van der Waals surface area contributed by atoms with Crippen LogP contribution in [0.4, 0.5) is 0 Å². The maximum Gasteiger partial charge on any atom is 0.0747 e. The molecule has 0 amide bonds. The molecule has 1 atom stereocenters. The third-order valence-corrected chi connectivity index (χ3v) is 3.81. The molecule has 0 spiro atoms. The number of rotatable bonds is 2. The van der Waals surface area contributed by atoms with Crippen LogP contribution in [0.5, 0.6) is 0 Å². The van der Waals surface area contributed by atoms with Crippen molar-refractivity contribution in [2.24, 2.45) is 0 Å². The highest BCUT2D eigenvalue weighted by molar-refractivity contribution is 6.31. The number of hydrogen-bond acceptors (Lipinski definition) is 3. The Morgan fingerprint density at radius 2 is 2.30 bits per heavy atom. The van der Waals surface area contributed by atoms with Gasteiger partial charge >= 0.3 is 0 Å². The van der Waals surface area contributed by atoms with Gasteiger partial charge in [-0.3, -0.25) is 9.88 Å². The number of nitrogens with one attached hydrogen (secondary N) is 1. The number of hydrogen-bond donors (Lipinski definition) is 1. The van der Waals surface area contributed by atoms with Gasteiger partial charge in [0.05, 0.1) is 5.52 Å². The average molecular weight is 312 g/mol. The maximum atomic E-state index is 6.21. The molecule has 2 aromatic rings. The molecule has 1 fully saturated rings. The first-order chi connectivity index (χ1) is 9.22. The summed E-state index contributed by atoms with van der Waals surface area (Å²) in [6.45, 7) is 6.33. The second-order valence-electron chi connectivity index (χ2n) is 5.23. The van der Waals surface area contributed by atoms with E-state index in [-0.39, 0.29) is 12.4 Å². The molecule has 0 aliphatic carbocycles. The van der Waals surface area contributed by atoms with Crippen LogP contribution in [0.3, 0.4) is 0 Å². The Hall–Kier alpha value is -0.870. The fourth-order valence-corrected chi connectivity index (χ4v) is 2.99. The molecule has 1 aromatic heterocycles. The van der Waals surface area contributed by atoms with Crippen LogP contribution in [0, 0.1) is 0 Å². The molecular weight excluding hydrogens is 293 g/mol. The zero-order valence-corrected chi connectivity index (χ0v) is 13.0. The molecule has 108 valence electrons. The summed E-state index contributed by atoms with van der Waals surface area (Å²) in [5, 5.41) is 5.37. The van der Waals surface area contributed by atoms with Crippen molar-refractivity contribution in [1.29, 1.82) is 0 Å². The summed E-state index contributed by atoms with van der Waals surface area (Å²) in [6, 6.07) is 8.59. The normalized spacial score (nSPS) is 19.8. The van der Waals surface area contributed by atoms with E-state index < -0.39 is 0 Å². The van der Waals surface area contributed by atoms with Crippen LogP contribution in [0.25, 0.3) is 10.9 Å². The third-order valence-electron chi connectivity index (χ3n) is 3.60. The standard InChI is InChI=1S/C15H18ClN3.ClH/c1-11-9-19(6-5-17-11)10-13-8-14(16)7-12-3-2-4-18-15(12)13;/h2-4,7-8,11,17H,5-6,9-10H2,1H3;1H/t11-;/m0./s1. The summed E-state index contributed by atoms with van der Waals surface area (Å²) >= 11 is 6.21. The van der Waals surface area contributed by atoms with Gasteiger partial charge in [0, 0.05) is 48.8 Å². The summed E-state index contributed by atoms with van der Waals surface area (Å²) in [5.41, 5.74) is 2.29. The van der Waals surface area contributed by atoms with Crippen molar-refractivity contribution in [3.63, 3.8) is 0 Å². The minimum absolute atomic E-state index is 0. The summed E-state index contributed by atoms with van der Waals surface area (Å²) in [7, 11) is 0. The van der Waals surface area contributed by atoms with E-state index in [1.807, 2.05) is 24.4 Å². The molecule has 20 heavy (non-hydrogen) atoms. The average Bonchev–Trinajstić information content (AvgIpc) is 2.38. The van der Waals surface area contributed by atoms with Gasteiger partial charge in [-0.15, -0.1) is 12.4 Å². The number of piperazine rings is 1. The van der Waals surface area contributed by atoms with Gasteiger partial charge in [0.15, 0.2) is 0 Å². The van der Waals surface area contributed by atoms with Gasteiger partial charge in [0.2, 0.25) is 0 Å². The van der Waals surface area contributed by atoms with Crippen LogP contribution in [0.15, 0.2) is 30.5 Å². The molecule has 0 saturated carbocycles. The van der Waals surface area contributed by atoms with Crippen LogP contribution < -0.4 is 5.32 Å². The van der Waals surface area contributed by atoms with E-state index in [1.165, 1.54) is 5.56 Å². The third kappa shape index (κ3) is 3.41. The number of nitrogens with zero attached hydrogens (tertiary/aromatic N) is 2. The van der Waals surface area contributed by atoms with Gasteiger partial charge in [-0.05, 0) is 30.7 Å². The second-order valence-corrected chi connectivity index (χ2v) is 5.67. The first-order valence-corrected chi connectivity index (χ1v) is 7.09. The molecule has 5 heteroatoms. The van der Waals surface area contributed by atoms with E-state index >= 15 is 0 Å². The first-order valence-electron chi connectivity index (χ1n) is 6.71. The second kappa shape index (κ2) is 6.72. The van der Waals surface area contributed by atoms with E-state index in [0.29, 0.717) is 6.04 Å². The SMILES string of the molecule is C[C@H]1CN(Cc2cc(Cl)cc3cccnc23)CCN1.Cl. The summed E-state index contributed by atoms with van der Waals surface area (Å²) in [4.78, 5) is 6.97. The molecule has 0 radical (unpaired) electrons. The van der Waals surface area contributed by atoms with E-state index in [2.05, 4.69) is 28.2 Å². The lowest BCUT2D eigenvalue weighted by Gasteiger charge is -2.32. The first kappa shape index (κ1) is 15.5. The number of pyridine rings is 1. The largest absolute Gasteiger partial charge is 0.312 e. The van der Waals surface area contributed by atoms with E-state index in [0.717, 1.165) is 42.1 Å². The highest BCUT2D eigenvalue weighted by Gasteiger charge is 2.17. The van der Waals surface area contributed by atoms with Crippen molar-refractivity contribution in [1.82, 2.24) is 15.2 Å². The van der Waals surface area contributed by atoms with Crippen molar-refractivity contribution < 1.29 is 0 Å². The molecule has 1 aliphatic heterocycles. The predicted octanol–water partition coefficient (Wildman–Crippen LogP) is 3.10. The Bertz CT molecular complexity index is 588. The fourth-order valence-electron chi connectivity index (χ4n) is 2.74. The van der Waals surface area contributed by atoms with Gasteiger partial charge in [0.1, 0.15) is 0 Å². The van der Waals surface area contributed by atoms with Crippen molar-refractivity contribution in [2.45, 2.75) is 19.5 Å². The lowest BCUT2D eigenvalue weighted by Crippen LogP contribution is -2.48. The molecule has 3 nitrogen and oxygen atoms in total. The summed E-state index contributed by atoms with van der Waals surface area (Å²) < 4.78 is 0. The predicted molar refractivity (Wildman–Crippen MR) is 86.7 cm³/mol. The van der Waals surface area contributed by atoms with Crippen molar-refractivity contribution in [3.8, 4) is 0 Å². The maximum absolute atomic E-state index is 6.21. The van der Waals surface area contributed by atoms with Gasteiger partial charge in [0.25, 0.3) is 0 Å². The Labute approximate surface area is 130 Å². The van der Waals surface area contributed by atoms with E-state index in [9.17, 15) is 0 Å².